The molecule has 0 saturated heterocycles. The summed E-state index contributed by atoms with van der Waals surface area (Å²) in [7, 11) is 1.71. The molecule has 1 fully saturated rings. The Bertz CT molecular complexity index is 1570. The maximum atomic E-state index is 13.6. The first-order chi connectivity index (χ1) is 20.5. The maximum absolute atomic E-state index is 13.6. The van der Waals surface area contributed by atoms with E-state index < -0.39 is 24.8 Å². The number of phenols is 1. The summed E-state index contributed by atoms with van der Waals surface area (Å²) in [4.78, 5) is 56.8. The molecule has 0 spiro atoms. The van der Waals surface area contributed by atoms with Gasteiger partial charge in [0.2, 0.25) is 6.79 Å². The van der Waals surface area contributed by atoms with Gasteiger partial charge in [-0.2, -0.15) is 0 Å². The van der Waals surface area contributed by atoms with Gasteiger partial charge in [0.05, 0.1) is 22.5 Å². The SMILES string of the molecule is CCCNC(=O)c1ccc(C)c(N=C(N)c2c(C)c(C(=O)N(C(=O)OCOC(=O)c3ccc(O)cc3)C3CC3)cn2C)c1. The van der Waals surface area contributed by atoms with Crippen LogP contribution in [0.2, 0.25) is 0 Å². The number of aromatic hydroxyl groups is 1. The summed E-state index contributed by atoms with van der Waals surface area (Å²) in [6, 6.07) is 10.2. The first kappa shape index (κ1) is 30.8. The highest BCUT2D eigenvalue weighted by Crippen LogP contribution is 2.31. The molecule has 2 aromatic carbocycles. The second-order valence-corrected chi connectivity index (χ2v) is 10.3. The lowest BCUT2D eigenvalue weighted by atomic mass is 10.1. The number of phenolic OH excluding ortho intramolecular Hbond substituents is 1. The van der Waals surface area contributed by atoms with Gasteiger partial charge in [-0.25, -0.2) is 19.5 Å². The van der Waals surface area contributed by atoms with Gasteiger partial charge >= 0.3 is 12.1 Å². The predicted octanol–water partition coefficient (Wildman–Crippen LogP) is 4.08. The van der Waals surface area contributed by atoms with Crippen molar-refractivity contribution in [3.8, 4) is 5.75 Å². The summed E-state index contributed by atoms with van der Waals surface area (Å²) in [5, 5.41) is 12.2. The number of imide groups is 1. The van der Waals surface area contributed by atoms with Crippen molar-refractivity contribution in [3.63, 3.8) is 0 Å². The molecule has 4 N–H and O–H groups in total. The Kier molecular flexibility index (Phi) is 9.49. The number of aromatic nitrogens is 1. The monoisotopic (exact) mass is 589 g/mol. The molecule has 1 aliphatic carbocycles. The minimum absolute atomic E-state index is 0.00915. The summed E-state index contributed by atoms with van der Waals surface area (Å²) >= 11 is 0. The van der Waals surface area contributed by atoms with Crippen molar-refractivity contribution in [2.45, 2.75) is 46.1 Å². The molecule has 3 amide bonds. The van der Waals surface area contributed by atoms with E-state index in [0.29, 0.717) is 41.9 Å². The fraction of sp³-hybridized carbons (Fsp3) is 0.323. The fourth-order valence-electron chi connectivity index (χ4n) is 4.47. The number of amides is 3. The molecule has 0 unspecified atom stereocenters. The van der Waals surface area contributed by atoms with Crippen LogP contribution in [0.1, 0.15) is 74.1 Å². The van der Waals surface area contributed by atoms with E-state index in [9.17, 15) is 24.3 Å². The smallest absolute Gasteiger partial charge is 0.419 e. The maximum Gasteiger partial charge on any atom is 0.419 e. The Morgan fingerprint density at radius 1 is 1.07 bits per heavy atom. The van der Waals surface area contributed by atoms with Gasteiger partial charge in [0.15, 0.2) is 0 Å². The molecule has 12 nitrogen and oxygen atoms in total. The van der Waals surface area contributed by atoms with Crippen LogP contribution >= 0.6 is 0 Å². The first-order valence-corrected chi connectivity index (χ1v) is 13.9. The fourth-order valence-corrected chi connectivity index (χ4v) is 4.47. The summed E-state index contributed by atoms with van der Waals surface area (Å²) in [5.41, 5.74) is 9.61. The van der Waals surface area contributed by atoms with Crippen molar-refractivity contribution in [1.29, 1.82) is 0 Å². The van der Waals surface area contributed by atoms with Gasteiger partial charge in [0.25, 0.3) is 11.8 Å². The minimum atomic E-state index is -0.939. The number of hydrogen-bond donors (Lipinski definition) is 3. The average Bonchev–Trinajstić information content (AvgIpc) is 3.76. The van der Waals surface area contributed by atoms with Crippen molar-refractivity contribution in [3.05, 3.63) is 82.2 Å². The molecular weight excluding hydrogens is 554 g/mol. The van der Waals surface area contributed by atoms with E-state index in [4.69, 9.17) is 15.2 Å². The van der Waals surface area contributed by atoms with Gasteiger partial charge in [0, 0.05) is 31.4 Å². The minimum Gasteiger partial charge on any atom is -0.508 e. The van der Waals surface area contributed by atoms with Gasteiger partial charge in [-0.15, -0.1) is 0 Å². The van der Waals surface area contributed by atoms with E-state index >= 15 is 0 Å². The first-order valence-electron chi connectivity index (χ1n) is 13.9. The molecule has 226 valence electrons. The number of carbonyl (C=O) groups excluding carboxylic acids is 4. The Morgan fingerprint density at radius 2 is 1.74 bits per heavy atom. The summed E-state index contributed by atoms with van der Waals surface area (Å²) < 4.78 is 11.8. The van der Waals surface area contributed by atoms with Crippen molar-refractivity contribution in [1.82, 2.24) is 14.8 Å². The van der Waals surface area contributed by atoms with Gasteiger partial charge in [0.1, 0.15) is 11.6 Å². The van der Waals surface area contributed by atoms with Crippen LogP contribution in [0.3, 0.4) is 0 Å². The topological polar surface area (TPSA) is 166 Å². The molecule has 12 heteroatoms. The molecule has 1 aromatic heterocycles. The Morgan fingerprint density at radius 3 is 2.40 bits per heavy atom. The number of nitrogens with zero attached hydrogens (tertiary/aromatic N) is 3. The van der Waals surface area contributed by atoms with E-state index in [1.165, 1.54) is 24.3 Å². The van der Waals surface area contributed by atoms with Crippen LogP contribution in [0.15, 0.2) is 53.7 Å². The van der Waals surface area contributed by atoms with Crippen LogP contribution in [-0.4, -0.2) is 63.7 Å². The molecule has 0 bridgehead atoms. The van der Waals surface area contributed by atoms with Crippen LogP contribution in [0.5, 0.6) is 5.75 Å². The Labute approximate surface area is 249 Å². The van der Waals surface area contributed by atoms with Crippen molar-refractivity contribution in [2.75, 3.05) is 13.3 Å². The van der Waals surface area contributed by atoms with Crippen LogP contribution in [0.25, 0.3) is 0 Å². The lowest BCUT2D eigenvalue weighted by molar-refractivity contribution is -0.0110. The zero-order valence-electron chi connectivity index (χ0n) is 24.5. The highest BCUT2D eigenvalue weighted by Gasteiger charge is 2.40. The standard InChI is InChI=1S/C31H35N5O7/c1-5-14-33-28(38)21-7-6-18(2)25(15-21)34-27(32)26-19(3)24(16-35(26)4)29(39)36(22-10-11-22)31(41)43-17-42-30(40)20-8-12-23(37)13-9-20/h6-9,12-13,15-16,22,37H,5,10-11,14,17H2,1-4H3,(H2,32,34)(H,33,38). The van der Waals surface area contributed by atoms with Crippen LogP contribution < -0.4 is 11.1 Å². The number of nitrogens with one attached hydrogen (secondary N) is 1. The molecule has 3 aromatic rings. The predicted molar refractivity (Wildman–Crippen MR) is 158 cm³/mol. The second kappa shape index (κ2) is 13.2. The summed E-state index contributed by atoms with van der Waals surface area (Å²) in [5.74, 6) is -1.41. The molecule has 1 saturated carbocycles. The zero-order chi connectivity index (χ0) is 31.3. The Balaban J connectivity index is 1.50. The highest BCUT2D eigenvalue weighted by atomic mass is 16.7. The van der Waals surface area contributed by atoms with E-state index in [-0.39, 0.29) is 34.7 Å². The normalized spacial score (nSPS) is 12.9. The van der Waals surface area contributed by atoms with Gasteiger partial charge in [-0.05, 0) is 80.6 Å². The van der Waals surface area contributed by atoms with E-state index in [0.717, 1.165) is 16.9 Å². The third-order valence-corrected chi connectivity index (χ3v) is 6.96. The third kappa shape index (κ3) is 7.21. The van der Waals surface area contributed by atoms with E-state index in [2.05, 4.69) is 10.3 Å². The number of ether oxygens (including phenoxy) is 2. The zero-order valence-corrected chi connectivity index (χ0v) is 24.5. The van der Waals surface area contributed by atoms with Gasteiger partial charge < -0.3 is 30.2 Å². The number of nitrogens with two attached hydrogens (primary N) is 1. The summed E-state index contributed by atoms with van der Waals surface area (Å²) in [6.07, 6.45) is 2.69. The van der Waals surface area contributed by atoms with Gasteiger partial charge in [-0.1, -0.05) is 13.0 Å². The quantitative estimate of drug-likeness (QED) is 0.138. The number of carbonyl (C=O) groups is 4. The number of amidine groups is 1. The number of rotatable bonds is 10. The van der Waals surface area contributed by atoms with E-state index in [1.807, 2.05) is 13.8 Å². The van der Waals surface area contributed by atoms with E-state index in [1.54, 1.807) is 42.9 Å². The van der Waals surface area contributed by atoms with Crippen LogP contribution in [0, 0.1) is 13.8 Å². The van der Waals surface area contributed by atoms with Gasteiger partial charge in [-0.3, -0.25) is 9.59 Å². The van der Waals surface area contributed by atoms with Crippen molar-refractivity contribution in [2.24, 2.45) is 17.8 Å². The third-order valence-electron chi connectivity index (χ3n) is 6.96. The second-order valence-electron chi connectivity index (χ2n) is 10.3. The van der Waals surface area contributed by atoms with Crippen molar-refractivity contribution >= 4 is 35.4 Å². The molecular formula is C31H35N5O7. The average molecular weight is 590 g/mol. The summed E-state index contributed by atoms with van der Waals surface area (Å²) in [6.45, 7) is 5.40. The molecule has 0 radical (unpaired) electrons. The lowest BCUT2D eigenvalue weighted by Crippen LogP contribution is -2.39. The molecule has 43 heavy (non-hydrogen) atoms. The Hall–Kier alpha value is -5.13. The van der Waals surface area contributed by atoms with Crippen molar-refractivity contribution < 1.29 is 33.8 Å². The highest BCUT2D eigenvalue weighted by molar-refractivity contribution is 6.08. The van der Waals surface area contributed by atoms with Crippen LogP contribution in [0.4, 0.5) is 10.5 Å². The molecule has 1 heterocycles. The molecule has 0 aliphatic heterocycles. The number of esters is 1. The number of benzene rings is 2. The van der Waals surface area contributed by atoms with Crippen LogP contribution in [-0.2, 0) is 16.5 Å². The molecule has 4 rings (SSSR count). The molecule has 1 aliphatic rings. The number of aryl methyl sites for hydroxylation is 2. The number of aliphatic imine (C=N–C) groups is 1. The lowest BCUT2D eigenvalue weighted by Gasteiger charge is -2.20. The molecule has 0 atom stereocenters. The number of hydrogen-bond acceptors (Lipinski definition) is 8. The largest absolute Gasteiger partial charge is 0.508 e.